The lowest BCUT2D eigenvalue weighted by Gasteiger charge is -2.37. The fraction of sp³-hybridized carbons (Fsp3) is 0.857. The normalized spacial score (nSPS) is 30.1. The molecule has 5 heteroatoms. The molecule has 0 aromatic carbocycles. The van der Waals surface area contributed by atoms with Crippen LogP contribution in [0.1, 0.15) is 39.5 Å². The van der Waals surface area contributed by atoms with Crippen molar-refractivity contribution in [2.75, 3.05) is 19.8 Å². The molecule has 2 atom stereocenters. The summed E-state index contributed by atoms with van der Waals surface area (Å²) in [6, 6.07) is 0.662. The van der Waals surface area contributed by atoms with Crippen LogP contribution in [0, 0.1) is 5.92 Å². The number of fused-ring (bicyclic) bond motifs is 2. The van der Waals surface area contributed by atoms with Gasteiger partial charge in [0.25, 0.3) is 0 Å². The van der Waals surface area contributed by atoms with Crippen molar-refractivity contribution in [1.29, 1.82) is 0 Å². The number of carbonyl (C=O) groups excluding carboxylic acids is 2. The fourth-order valence-electron chi connectivity index (χ4n) is 3.34. The van der Waals surface area contributed by atoms with E-state index >= 15 is 0 Å². The molecule has 2 fully saturated rings. The van der Waals surface area contributed by atoms with Crippen molar-refractivity contribution < 1.29 is 19.1 Å². The van der Waals surface area contributed by atoms with Crippen LogP contribution in [0.2, 0.25) is 0 Å². The Morgan fingerprint density at radius 3 is 2.16 bits per heavy atom. The molecule has 2 aliphatic heterocycles. The Hall–Kier alpha value is -1.10. The number of piperidine rings is 1. The first-order chi connectivity index (χ1) is 9.15. The molecule has 0 amide bonds. The summed E-state index contributed by atoms with van der Waals surface area (Å²) in [4.78, 5) is 25.6. The molecule has 2 bridgehead atoms. The molecule has 0 saturated carbocycles. The summed E-state index contributed by atoms with van der Waals surface area (Å²) < 4.78 is 10.1. The molecule has 0 spiro atoms. The van der Waals surface area contributed by atoms with Crippen LogP contribution in [-0.2, 0) is 19.1 Å². The van der Waals surface area contributed by atoms with Gasteiger partial charge < -0.3 is 9.47 Å². The highest BCUT2D eigenvalue weighted by Gasteiger charge is 2.44. The fourth-order valence-corrected chi connectivity index (χ4v) is 3.34. The molecule has 5 nitrogen and oxygen atoms in total. The first kappa shape index (κ1) is 14.3. The Kier molecular flexibility index (Phi) is 4.80. The highest BCUT2D eigenvalue weighted by atomic mass is 16.5. The van der Waals surface area contributed by atoms with Gasteiger partial charge in [-0.25, -0.2) is 0 Å². The number of ether oxygens (including phenoxy) is 2. The third-order valence-electron chi connectivity index (χ3n) is 4.12. The van der Waals surface area contributed by atoms with Crippen molar-refractivity contribution in [2.24, 2.45) is 5.92 Å². The van der Waals surface area contributed by atoms with Gasteiger partial charge in [0.15, 0.2) is 0 Å². The minimum atomic E-state index is -0.158. The van der Waals surface area contributed by atoms with Crippen LogP contribution in [-0.4, -0.2) is 48.7 Å². The van der Waals surface area contributed by atoms with E-state index in [1.54, 1.807) is 0 Å². The Morgan fingerprint density at radius 2 is 1.63 bits per heavy atom. The smallest absolute Gasteiger partial charge is 0.320 e. The average Bonchev–Trinajstić information content (AvgIpc) is 2.62. The Balaban J connectivity index is 1.91. The lowest BCUT2D eigenvalue weighted by atomic mass is 9.91. The summed E-state index contributed by atoms with van der Waals surface area (Å²) in [7, 11) is 0. The van der Waals surface area contributed by atoms with E-state index in [0.29, 0.717) is 31.8 Å². The van der Waals surface area contributed by atoms with E-state index in [1.807, 2.05) is 13.8 Å². The second kappa shape index (κ2) is 6.37. The van der Waals surface area contributed by atoms with Crippen LogP contribution in [0.3, 0.4) is 0 Å². The molecular weight excluding hydrogens is 246 g/mol. The maximum Gasteiger partial charge on any atom is 0.320 e. The molecule has 0 aromatic rings. The van der Waals surface area contributed by atoms with E-state index in [0.717, 1.165) is 25.7 Å². The minimum absolute atomic E-state index is 0.0101. The number of hydrogen-bond acceptors (Lipinski definition) is 5. The van der Waals surface area contributed by atoms with E-state index in [4.69, 9.17) is 9.47 Å². The van der Waals surface area contributed by atoms with E-state index < -0.39 is 0 Å². The van der Waals surface area contributed by atoms with Crippen molar-refractivity contribution in [3.63, 3.8) is 0 Å². The quantitative estimate of drug-likeness (QED) is 0.705. The molecule has 2 rings (SSSR count). The van der Waals surface area contributed by atoms with Gasteiger partial charge >= 0.3 is 11.9 Å². The van der Waals surface area contributed by atoms with Gasteiger partial charge in [-0.3, -0.25) is 14.5 Å². The standard InChI is InChI=1S/C14H23NO4/c1-3-18-13(16)9-15-11-5-6-12(15)8-10(7-11)14(17)19-4-2/h10-12H,3-9H2,1-2H3. The minimum Gasteiger partial charge on any atom is -0.466 e. The summed E-state index contributed by atoms with van der Waals surface area (Å²) in [6.45, 7) is 4.88. The van der Waals surface area contributed by atoms with Gasteiger partial charge in [-0.1, -0.05) is 0 Å². The number of rotatable bonds is 5. The summed E-state index contributed by atoms with van der Waals surface area (Å²) >= 11 is 0. The molecule has 2 unspecified atom stereocenters. The van der Waals surface area contributed by atoms with Crippen LogP contribution in [0.5, 0.6) is 0 Å². The van der Waals surface area contributed by atoms with Crippen molar-refractivity contribution >= 4 is 11.9 Å². The SMILES string of the molecule is CCOC(=O)CN1C2CCC1CC(C(=O)OCC)C2. The zero-order chi connectivity index (χ0) is 13.8. The van der Waals surface area contributed by atoms with Crippen molar-refractivity contribution in [1.82, 2.24) is 4.90 Å². The van der Waals surface area contributed by atoms with Crippen molar-refractivity contribution in [3.8, 4) is 0 Å². The highest BCUT2D eigenvalue weighted by molar-refractivity contribution is 5.73. The van der Waals surface area contributed by atoms with Gasteiger partial charge in [-0.05, 0) is 39.5 Å². The van der Waals surface area contributed by atoms with E-state index in [2.05, 4.69) is 4.90 Å². The summed E-state index contributed by atoms with van der Waals surface area (Å²) in [5, 5.41) is 0. The van der Waals surface area contributed by atoms with Crippen molar-refractivity contribution in [2.45, 2.75) is 51.6 Å². The van der Waals surface area contributed by atoms with Gasteiger partial charge in [0, 0.05) is 12.1 Å². The maximum absolute atomic E-state index is 11.8. The highest BCUT2D eigenvalue weighted by Crippen LogP contribution is 2.38. The maximum atomic E-state index is 11.8. The molecule has 19 heavy (non-hydrogen) atoms. The van der Waals surface area contributed by atoms with Crippen LogP contribution < -0.4 is 0 Å². The summed E-state index contributed by atoms with van der Waals surface area (Å²) in [5.74, 6) is -0.222. The Morgan fingerprint density at radius 1 is 1.05 bits per heavy atom. The second-order valence-corrected chi connectivity index (χ2v) is 5.28. The van der Waals surface area contributed by atoms with Crippen molar-refractivity contribution in [3.05, 3.63) is 0 Å². The lowest BCUT2D eigenvalue weighted by Crippen LogP contribution is -2.47. The summed E-state index contributed by atoms with van der Waals surface area (Å²) in [6.07, 6.45) is 3.77. The van der Waals surface area contributed by atoms with E-state index in [1.165, 1.54) is 0 Å². The van der Waals surface area contributed by atoms with E-state index in [9.17, 15) is 9.59 Å². The largest absolute Gasteiger partial charge is 0.466 e. The lowest BCUT2D eigenvalue weighted by molar-refractivity contribution is -0.151. The number of nitrogens with zero attached hydrogens (tertiary/aromatic N) is 1. The third-order valence-corrected chi connectivity index (χ3v) is 4.12. The monoisotopic (exact) mass is 269 g/mol. The zero-order valence-corrected chi connectivity index (χ0v) is 11.8. The number of hydrogen-bond donors (Lipinski definition) is 0. The molecule has 2 heterocycles. The number of esters is 2. The molecular formula is C14H23NO4. The van der Waals surface area contributed by atoms with Gasteiger partial charge in [0.1, 0.15) is 0 Å². The predicted octanol–water partition coefficient (Wildman–Crippen LogP) is 1.36. The van der Waals surface area contributed by atoms with E-state index in [-0.39, 0.29) is 17.9 Å². The summed E-state index contributed by atoms with van der Waals surface area (Å²) in [5.41, 5.74) is 0. The van der Waals surface area contributed by atoms with Crippen LogP contribution >= 0.6 is 0 Å². The molecule has 0 aromatic heterocycles. The Bertz CT molecular complexity index is 330. The van der Waals surface area contributed by atoms with Crippen LogP contribution in [0.25, 0.3) is 0 Å². The molecule has 0 radical (unpaired) electrons. The first-order valence-corrected chi connectivity index (χ1v) is 7.23. The first-order valence-electron chi connectivity index (χ1n) is 7.23. The number of carbonyl (C=O) groups is 2. The molecule has 2 aliphatic rings. The van der Waals surface area contributed by atoms with Gasteiger partial charge in [0.05, 0.1) is 25.7 Å². The molecule has 0 aliphatic carbocycles. The second-order valence-electron chi connectivity index (χ2n) is 5.28. The molecule has 108 valence electrons. The van der Waals surface area contributed by atoms with Crippen LogP contribution in [0.4, 0.5) is 0 Å². The van der Waals surface area contributed by atoms with Gasteiger partial charge in [-0.2, -0.15) is 0 Å². The Labute approximate surface area is 114 Å². The molecule has 2 saturated heterocycles. The van der Waals surface area contributed by atoms with Crippen LogP contribution in [0.15, 0.2) is 0 Å². The predicted molar refractivity (Wildman–Crippen MR) is 69.5 cm³/mol. The van der Waals surface area contributed by atoms with Gasteiger partial charge in [-0.15, -0.1) is 0 Å². The molecule has 0 N–H and O–H groups in total. The van der Waals surface area contributed by atoms with Gasteiger partial charge in [0.2, 0.25) is 0 Å². The zero-order valence-electron chi connectivity index (χ0n) is 11.8. The average molecular weight is 269 g/mol. The third kappa shape index (κ3) is 3.26. The topological polar surface area (TPSA) is 55.8 Å².